The Labute approximate surface area is 148 Å². The van der Waals surface area contributed by atoms with Crippen LogP contribution in [-0.2, 0) is 6.42 Å². The van der Waals surface area contributed by atoms with Crippen molar-refractivity contribution < 1.29 is 9.47 Å². The van der Waals surface area contributed by atoms with Crippen molar-refractivity contribution in [2.75, 3.05) is 14.2 Å². The first-order valence-electron chi connectivity index (χ1n) is 7.97. The maximum absolute atomic E-state index is 5.47. The van der Waals surface area contributed by atoms with Crippen LogP contribution < -0.4 is 9.47 Å². The van der Waals surface area contributed by atoms with Crippen LogP contribution in [0.25, 0.3) is 27.6 Å². The molecule has 0 radical (unpaired) electrons. The summed E-state index contributed by atoms with van der Waals surface area (Å²) >= 11 is 1.69. The summed E-state index contributed by atoms with van der Waals surface area (Å²) in [6, 6.07) is 14.2. The maximum Gasteiger partial charge on any atom is 0.213 e. The number of fused-ring (bicyclic) bond motifs is 5. The molecule has 5 rings (SSSR count). The summed E-state index contributed by atoms with van der Waals surface area (Å²) in [6.45, 7) is 0. The van der Waals surface area contributed by atoms with Crippen molar-refractivity contribution in [1.82, 2.24) is 14.6 Å². The van der Waals surface area contributed by atoms with E-state index in [-0.39, 0.29) is 0 Å². The van der Waals surface area contributed by atoms with Gasteiger partial charge in [-0.25, -0.2) is 4.52 Å². The summed E-state index contributed by atoms with van der Waals surface area (Å²) in [5.41, 5.74) is 4.52. The van der Waals surface area contributed by atoms with Crippen LogP contribution in [0.2, 0.25) is 0 Å². The predicted octanol–water partition coefficient (Wildman–Crippen LogP) is 4.05. The molecule has 1 aliphatic rings. The Morgan fingerprint density at radius 1 is 1.04 bits per heavy atom. The molecule has 0 unspecified atom stereocenters. The van der Waals surface area contributed by atoms with Gasteiger partial charge in [-0.05, 0) is 17.7 Å². The minimum Gasteiger partial charge on any atom is -0.493 e. The van der Waals surface area contributed by atoms with E-state index in [1.807, 2.05) is 40.9 Å². The average molecular weight is 349 g/mol. The second-order valence-corrected chi connectivity index (χ2v) is 6.97. The first kappa shape index (κ1) is 14.5. The SMILES string of the molecule is COc1cc2c(cc1OC)-c1c(sc3nc(-c4ccccc4)nn13)C2. The zero-order chi connectivity index (χ0) is 17.0. The Bertz CT molecular complexity index is 1100. The largest absolute Gasteiger partial charge is 0.493 e. The minimum absolute atomic E-state index is 0.733. The van der Waals surface area contributed by atoms with Crippen LogP contribution in [0.3, 0.4) is 0 Å². The quantitative estimate of drug-likeness (QED) is 0.493. The molecule has 0 fully saturated rings. The van der Waals surface area contributed by atoms with E-state index >= 15 is 0 Å². The van der Waals surface area contributed by atoms with E-state index < -0.39 is 0 Å². The molecule has 0 N–H and O–H groups in total. The third-order valence-electron chi connectivity index (χ3n) is 4.52. The lowest BCUT2D eigenvalue weighted by Gasteiger charge is -2.10. The molecule has 124 valence electrons. The van der Waals surface area contributed by atoms with Gasteiger partial charge in [-0.15, -0.1) is 5.10 Å². The van der Waals surface area contributed by atoms with Gasteiger partial charge in [-0.2, -0.15) is 4.98 Å². The number of hydrogen-bond acceptors (Lipinski definition) is 5. The van der Waals surface area contributed by atoms with Gasteiger partial charge in [-0.1, -0.05) is 41.7 Å². The molecular formula is C19H15N3O2S. The van der Waals surface area contributed by atoms with Crippen LogP contribution in [0.15, 0.2) is 42.5 Å². The standard InChI is InChI=1S/C19H15N3O2S/c1-23-14-8-12-9-16-17(13(12)10-15(14)24-2)22-19(25-16)20-18(21-22)11-6-4-3-5-7-11/h3-8,10H,9H2,1-2H3. The fourth-order valence-electron chi connectivity index (χ4n) is 3.34. The van der Waals surface area contributed by atoms with Crippen molar-refractivity contribution in [1.29, 1.82) is 0 Å². The van der Waals surface area contributed by atoms with Crippen molar-refractivity contribution >= 4 is 16.3 Å². The number of nitrogens with zero attached hydrogens (tertiary/aromatic N) is 3. The van der Waals surface area contributed by atoms with Gasteiger partial charge in [0.25, 0.3) is 0 Å². The molecule has 4 aromatic rings. The molecule has 6 heteroatoms. The van der Waals surface area contributed by atoms with Crippen LogP contribution >= 0.6 is 11.3 Å². The molecule has 0 atom stereocenters. The lowest BCUT2D eigenvalue weighted by Crippen LogP contribution is -1.94. The summed E-state index contributed by atoms with van der Waals surface area (Å²) < 4.78 is 12.9. The van der Waals surface area contributed by atoms with E-state index in [9.17, 15) is 0 Å². The monoisotopic (exact) mass is 349 g/mol. The molecule has 2 aromatic carbocycles. The number of ether oxygens (including phenoxy) is 2. The molecule has 5 nitrogen and oxygen atoms in total. The highest BCUT2D eigenvalue weighted by atomic mass is 32.1. The molecule has 0 aliphatic heterocycles. The highest BCUT2D eigenvalue weighted by Gasteiger charge is 2.28. The first-order chi connectivity index (χ1) is 12.3. The lowest BCUT2D eigenvalue weighted by atomic mass is 10.1. The summed E-state index contributed by atoms with van der Waals surface area (Å²) in [5, 5.41) is 4.76. The summed E-state index contributed by atoms with van der Waals surface area (Å²) in [7, 11) is 3.32. The fourth-order valence-corrected chi connectivity index (χ4v) is 4.43. The average Bonchev–Trinajstić information content (AvgIpc) is 3.29. The van der Waals surface area contributed by atoms with Crippen molar-refractivity contribution in [2.45, 2.75) is 6.42 Å². The van der Waals surface area contributed by atoms with Crippen molar-refractivity contribution in [2.24, 2.45) is 0 Å². The Hall–Kier alpha value is -2.86. The van der Waals surface area contributed by atoms with Crippen LogP contribution in [0.4, 0.5) is 0 Å². The summed E-state index contributed by atoms with van der Waals surface area (Å²) in [5.74, 6) is 2.25. The molecule has 0 saturated carbocycles. The zero-order valence-electron chi connectivity index (χ0n) is 13.8. The van der Waals surface area contributed by atoms with Gasteiger partial charge in [0.15, 0.2) is 17.3 Å². The minimum atomic E-state index is 0.733. The fraction of sp³-hybridized carbons (Fsp3) is 0.158. The van der Waals surface area contributed by atoms with Gasteiger partial charge in [0.05, 0.1) is 19.9 Å². The maximum atomic E-state index is 5.47. The van der Waals surface area contributed by atoms with Gasteiger partial charge >= 0.3 is 0 Å². The van der Waals surface area contributed by atoms with Gasteiger partial charge in [0.1, 0.15) is 0 Å². The third-order valence-corrected chi connectivity index (χ3v) is 5.55. The Morgan fingerprint density at radius 2 is 1.80 bits per heavy atom. The van der Waals surface area contributed by atoms with E-state index in [1.165, 1.54) is 10.4 Å². The highest BCUT2D eigenvalue weighted by molar-refractivity contribution is 7.17. The van der Waals surface area contributed by atoms with E-state index in [2.05, 4.69) is 6.07 Å². The molecule has 0 saturated heterocycles. The number of thiazole rings is 1. The predicted molar refractivity (Wildman–Crippen MR) is 97.6 cm³/mol. The topological polar surface area (TPSA) is 48.7 Å². The normalized spacial score (nSPS) is 12.2. The van der Waals surface area contributed by atoms with Crippen molar-refractivity contribution in [3.8, 4) is 34.1 Å². The summed E-state index contributed by atoms with van der Waals surface area (Å²) in [4.78, 5) is 6.91. The van der Waals surface area contributed by atoms with E-state index in [1.54, 1.807) is 25.6 Å². The molecule has 0 spiro atoms. The molecule has 0 amide bonds. The molecule has 25 heavy (non-hydrogen) atoms. The van der Waals surface area contributed by atoms with Gasteiger partial charge in [0.2, 0.25) is 4.96 Å². The zero-order valence-corrected chi connectivity index (χ0v) is 14.6. The van der Waals surface area contributed by atoms with Crippen LogP contribution in [0, 0.1) is 0 Å². The van der Waals surface area contributed by atoms with Crippen LogP contribution in [-0.4, -0.2) is 28.8 Å². The lowest BCUT2D eigenvalue weighted by molar-refractivity contribution is 0.355. The molecule has 0 bridgehead atoms. The van der Waals surface area contributed by atoms with E-state index in [4.69, 9.17) is 19.6 Å². The van der Waals surface area contributed by atoms with E-state index in [0.717, 1.165) is 45.5 Å². The molecule has 1 aliphatic carbocycles. The van der Waals surface area contributed by atoms with Crippen molar-refractivity contribution in [3.05, 3.63) is 52.9 Å². The number of hydrogen-bond donors (Lipinski definition) is 0. The third kappa shape index (κ3) is 2.07. The highest BCUT2D eigenvalue weighted by Crippen LogP contribution is 2.45. The van der Waals surface area contributed by atoms with Gasteiger partial charge < -0.3 is 9.47 Å². The van der Waals surface area contributed by atoms with Crippen molar-refractivity contribution in [3.63, 3.8) is 0 Å². The van der Waals surface area contributed by atoms with Crippen LogP contribution in [0.5, 0.6) is 11.5 Å². The first-order valence-corrected chi connectivity index (χ1v) is 8.79. The number of aromatic nitrogens is 3. The van der Waals surface area contributed by atoms with Crippen LogP contribution in [0.1, 0.15) is 10.4 Å². The van der Waals surface area contributed by atoms with E-state index in [0.29, 0.717) is 0 Å². The van der Waals surface area contributed by atoms with Gasteiger partial charge in [-0.3, -0.25) is 0 Å². The molecule has 2 heterocycles. The number of benzene rings is 2. The second-order valence-electron chi connectivity index (χ2n) is 5.91. The van der Waals surface area contributed by atoms with Gasteiger partial charge in [0, 0.05) is 22.4 Å². The smallest absolute Gasteiger partial charge is 0.213 e. The second kappa shape index (κ2) is 5.32. The number of rotatable bonds is 3. The molecular weight excluding hydrogens is 334 g/mol. The summed E-state index contributed by atoms with van der Waals surface area (Å²) in [6.07, 6.45) is 0.876. The number of methoxy groups -OCH3 is 2. The Kier molecular flexibility index (Phi) is 3.08. The molecule has 2 aromatic heterocycles. The Balaban J connectivity index is 1.70. The Morgan fingerprint density at radius 3 is 2.56 bits per heavy atom.